The minimum Gasteiger partial charge on any atom is -0.346 e. The molecule has 50 valence electrons. The van der Waals surface area contributed by atoms with Gasteiger partial charge in [-0.3, -0.25) is 9.59 Å². The Morgan fingerprint density at radius 1 is 1.44 bits per heavy atom. The minimum atomic E-state index is -0.534. The summed E-state index contributed by atoms with van der Waals surface area (Å²) < 4.78 is 0. The highest BCUT2D eigenvalue weighted by atomic mass is 16.2. The molecule has 1 rings (SSSR count). The van der Waals surface area contributed by atoms with Crippen LogP contribution in [0.4, 0.5) is 0 Å². The molecule has 4 heteroatoms. The van der Waals surface area contributed by atoms with Gasteiger partial charge in [0.05, 0.1) is 0 Å². The lowest BCUT2D eigenvalue weighted by Gasteiger charge is -2.18. The zero-order valence-electron chi connectivity index (χ0n) is 5.10. The van der Waals surface area contributed by atoms with Gasteiger partial charge in [0.25, 0.3) is 0 Å². The van der Waals surface area contributed by atoms with Crippen molar-refractivity contribution in [1.29, 1.82) is 0 Å². The largest absolute Gasteiger partial charge is 0.346 e. The Balaban J connectivity index is 2.54. The second-order valence-corrected chi connectivity index (χ2v) is 2.08. The van der Waals surface area contributed by atoms with Crippen LogP contribution in [-0.2, 0) is 9.59 Å². The van der Waals surface area contributed by atoms with Crippen LogP contribution < -0.4 is 10.6 Å². The summed E-state index contributed by atoms with van der Waals surface area (Å²) in [4.78, 5) is 20.9. The second kappa shape index (κ2) is 2.05. The zero-order chi connectivity index (χ0) is 6.85. The van der Waals surface area contributed by atoms with Crippen LogP contribution in [0.5, 0.6) is 0 Å². The molecule has 1 atom stereocenters. The summed E-state index contributed by atoms with van der Waals surface area (Å²) in [6.07, 6.45) is 0. The Labute approximate surface area is 52.6 Å². The number of carbonyl (C=O) groups excluding carboxylic acids is 2. The molecule has 1 fully saturated rings. The van der Waals surface area contributed by atoms with E-state index >= 15 is 0 Å². The third kappa shape index (κ3) is 1.19. The first-order valence-electron chi connectivity index (χ1n) is 2.79. The Bertz CT molecular complexity index is 155. The molecule has 1 aliphatic rings. The predicted octanol–water partition coefficient (Wildman–Crippen LogP) is -1.38. The molecule has 1 aliphatic heterocycles. The molecule has 4 nitrogen and oxygen atoms in total. The Morgan fingerprint density at radius 2 is 2.11 bits per heavy atom. The van der Waals surface area contributed by atoms with Crippen molar-refractivity contribution in [3.05, 3.63) is 0 Å². The van der Waals surface area contributed by atoms with Crippen molar-refractivity contribution in [1.82, 2.24) is 10.6 Å². The van der Waals surface area contributed by atoms with E-state index in [1.165, 1.54) is 0 Å². The van der Waals surface area contributed by atoms with E-state index in [1.54, 1.807) is 0 Å². The summed E-state index contributed by atoms with van der Waals surface area (Å²) in [6.45, 7) is 2.36. The van der Waals surface area contributed by atoms with Gasteiger partial charge in [-0.2, -0.15) is 0 Å². The highest BCUT2D eigenvalue weighted by Gasteiger charge is 2.20. The molecule has 0 spiro atoms. The molecule has 0 aromatic rings. The number of piperazine rings is 1. The summed E-state index contributed by atoms with van der Waals surface area (Å²) in [6, 6.07) is 0.0650. The predicted molar refractivity (Wildman–Crippen MR) is 30.6 cm³/mol. The van der Waals surface area contributed by atoms with Crippen molar-refractivity contribution in [2.24, 2.45) is 0 Å². The molecule has 0 aliphatic carbocycles. The fourth-order valence-electron chi connectivity index (χ4n) is 0.666. The van der Waals surface area contributed by atoms with Gasteiger partial charge in [-0.05, 0) is 6.92 Å². The highest BCUT2D eigenvalue weighted by molar-refractivity contribution is 6.35. The first kappa shape index (κ1) is 6.07. The Kier molecular flexibility index (Phi) is 1.38. The molecular formula is C5H8N2O2. The van der Waals surface area contributed by atoms with Crippen molar-refractivity contribution < 1.29 is 9.59 Å². The van der Waals surface area contributed by atoms with Gasteiger partial charge in [0, 0.05) is 12.6 Å². The van der Waals surface area contributed by atoms with E-state index in [9.17, 15) is 9.59 Å². The van der Waals surface area contributed by atoms with E-state index < -0.39 is 11.8 Å². The second-order valence-electron chi connectivity index (χ2n) is 2.08. The van der Waals surface area contributed by atoms with Gasteiger partial charge < -0.3 is 10.6 Å². The van der Waals surface area contributed by atoms with Gasteiger partial charge in [-0.25, -0.2) is 0 Å². The quantitative estimate of drug-likeness (QED) is 0.395. The third-order valence-corrected chi connectivity index (χ3v) is 1.15. The molecule has 2 N–H and O–H groups in total. The van der Waals surface area contributed by atoms with Gasteiger partial charge in [0.1, 0.15) is 0 Å². The average Bonchev–Trinajstić information content (AvgIpc) is 1.80. The van der Waals surface area contributed by atoms with Crippen molar-refractivity contribution in [2.75, 3.05) is 6.54 Å². The number of amides is 2. The normalized spacial score (nSPS) is 27.0. The van der Waals surface area contributed by atoms with Crippen LogP contribution in [0.2, 0.25) is 0 Å². The van der Waals surface area contributed by atoms with Crippen molar-refractivity contribution in [3.8, 4) is 0 Å². The van der Waals surface area contributed by atoms with Crippen LogP contribution in [0.15, 0.2) is 0 Å². The zero-order valence-corrected chi connectivity index (χ0v) is 5.10. The SMILES string of the molecule is C[C@H]1CNC(=O)C(=O)N1. The number of hydrogen-bond donors (Lipinski definition) is 2. The number of hydrogen-bond acceptors (Lipinski definition) is 2. The molecule has 0 unspecified atom stereocenters. The van der Waals surface area contributed by atoms with E-state index in [0.29, 0.717) is 6.54 Å². The molecule has 0 saturated carbocycles. The van der Waals surface area contributed by atoms with Gasteiger partial charge in [-0.1, -0.05) is 0 Å². The van der Waals surface area contributed by atoms with E-state index in [4.69, 9.17) is 0 Å². The average molecular weight is 128 g/mol. The van der Waals surface area contributed by atoms with Crippen LogP contribution in [0.25, 0.3) is 0 Å². The standard InChI is InChI=1S/C5H8N2O2/c1-3-2-6-4(8)5(9)7-3/h3H,2H2,1H3,(H,6,8)(H,7,9)/t3-/m0/s1. The summed E-state index contributed by atoms with van der Waals surface area (Å²) >= 11 is 0. The summed E-state index contributed by atoms with van der Waals surface area (Å²) in [7, 11) is 0. The monoisotopic (exact) mass is 128 g/mol. The third-order valence-electron chi connectivity index (χ3n) is 1.15. The molecule has 0 aromatic heterocycles. The van der Waals surface area contributed by atoms with Crippen molar-refractivity contribution >= 4 is 11.8 Å². The molecule has 9 heavy (non-hydrogen) atoms. The van der Waals surface area contributed by atoms with E-state index in [2.05, 4.69) is 10.6 Å². The first-order chi connectivity index (χ1) is 4.20. The first-order valence-corrected chi connectivity index (χ1v) is 2.79. The Morgan fingerprint density at radius 3 is 2.56 bits per heavy atom. The lowest BCUT2D eigenvalue weighted by atomic mass is 10.3. The number of nitrogens with one attached hydrogen (secondary N) is 2. The topological polar surface area (TPSA) is 58.2 Å². The van der Waals surface area contributed by atoms with E-state index in [-0.39, 0.29) is 6.04 Å². The maximum absolute atomic E-state index is 10.5. The van der Waals surface area contributed by atoms with Gasteiger partial charge in [-0.15, -0.1) is 0 Å². The molecular weight excluding hydrogens is 120 g/mol. The van der Waals surface area contributed by atoms with E-state index in [1.807, 2.05) is 6.92 Å². The van der Waals surface area contributed by atoms with Crippen molar-refractivity contribution in [2.45, 2.75) is 13.0 Å². The van der Waals surface area contributed by atoms with Gasteiger partial charge >= 0.3 is 11.8 Å². The smallest absolute Gasteiger partial charge is 0.309 e. The van der Waals surface area contributed by atoms with E-state index in [0.717, 1.165) is 0 Å². The number of carbonyl (C=O) groups is 2. The summed E-state index contributed by atoms with van der Waals surface area (Å²) in [5.74, 6) is -1.07. The van der Waals surface area contributed by atoms with Crippen LogP contribution in [0.1, 0.15) is 6.92 Å². The summed E-state index contributed by atoms with van der Waals surface area (Å²) in [5.41, 5.74) is 0. The molecule has 0 aromatic carbocycles. The van der Waals surface area contributed by atoms with Gasteiger partial charge in [0.2, 0.25) is 0 Å². The summed E-state index contributed by atoms with van der Waals surface area (Å²) in [5, 5.41) is 4.91. The van der Waals surface area contributed by atoms with Crippen LogP contribution >= 0.6 is 0 Å². The van der Waals surface area contributed by atoms with Crippen LogP contribution in [0.3, 0.4) is 0 Å². The molecule has 1 saturated heterocycles. The molecule has 0 radical (unpaired) electrons. The maximum Gasteiger partial charge on any atom is 0.309 e. The van der Waals surface area contributed by atoms with Crippen LogP contribution in [-0.4, -0.2) is 24.4 Å². The number of rotatable bonds is 0. The van der Waals surface area contributed by atoms with Crippen molar-refractivity contribution in [3.63, 3.8) is 0 Å². The molecule has 1 heterocycles. The fraction of sp³-hybridized carbons (Fsp3) is 0.600. The fourth-order valence-corrected chi connectivity index (χ4v) is 0.666. The van der Waals surface area contributed by atoms with Crippen LogP contribution in [0, 0.1) is 0 Å². The molecule has 2 amide bonds. The Hall–Kier alpha value is -1.06. The minimum absolute atomic E-state index is 0.0650. The highest BCUT2D eigenvalue weighted by Crippen LogP contribution is 1.85. The lowest BCUT2D eigenvalue weighted by molar-refractivity contribution is -0.141. The van der Waals surface area contributed by atoms with Gasteiger partial charge in [0.15, 0.2) is 0 Å². The molecule has 0 bridgehead atoms. The lowest BCUT2D eigenvalue weighted by Crippen LogP contribution is -2.54. The maximum atomic E-state index is 10.5.